The van der Waals surface area contributed by atoms with Gasteiger partial charge in [-0.2, -0.15) is 0 Å². The number of hydrogen-bond acceptors (Lipinski definition) is 5. The topological polar surface area (TPSA) is 98.7 Å². The summed E-state index contributed by atoms with van der Waals surface area (Å²) in [4.78, 5) is 11.9. The van der Waals surface area contributed by atoms with Crippen molar-refractivity contribution in [1.29, 1.82) is 0 Å². The molecule has 0 unspecified atom stereocenters. The van der Waals surface area contributed by atoms with Crippen LogP contribution in [-0.2, 0) is 4.79 Å². The van der Waals surface area contributed by atoms with Crippen LogP contribution in [0.5, 0.6) is 0 Å². The Hall–Kier alpha value is -2.28. The van der Waals surface area contributed by atoms with E-state index < -0.39 is 0 Å². The van der Waals surface area contributed by atoms with Gasteiger partial charge in [-0.3, -0.25) is 4.79 Å². The van der Waals surface area contributed by atoms with E-state index in [2.05, 4.69) is 20.8 Å². The smallest absolute Gasteiger partial charge is 0.224 e. The third-order valence-corrected chi connectivity index (χ3v) is 3.09. The van der Waals surface area contributed by atoms with E-state index in [1.165, 1.54) is 6.33 Å². The summed E-state index contributed by atoms with van der Waals surface area (Å²) in [5.41, 5.74) is 8.10. The first kappa shape index (κ1) is 15.1. The van der Waals surface area contributed by atoms with Crippen molar-refractivity contribution in [3.63, 3.8) is 0 Å². The largest absolute Gasteiger partial charge is 0.326 e. The van der Waals surface area contributed by atoms with Gasteiger partial charge < -0.3 is 11.1 Å². The number of rotatable bonds is 5. The molecule has 7 nitrogen and oxygen atoms in total. The Morgan fingerprint density at radius 1 is 1.43 bits per heavy atom. The third kappa shape index (κ3) is 4.35. The monoisotopic (exact) mass is 288 g/mol. The van der Waals surface area contributed by atoms with Crippen molar-refractivity contribution in [2.75, 3.05) is 5.32 Å². The first-order valence-electron chi connectivity index (χ1n) is 6.78. The van der Waals surface area contributed by atoms with E-state index in [0.717, 1.165) is 11.3 Å². The number of tetrazole rings is 1. The van der Waals surface area contributed by atoms with Crippen molar-refractivity contribution in [2.24, 2.45) is 5.73 Å². The maximum absolute atomic E-state index is 11.9. The van der Waals surface area contributed by atoms with Gasteiger partial charge >= 0.3 is 0 Å². The van der Waals surface area contributed by atoms with Crippen LogP contribution < -0.4 is 11.1 Å². The van der Waals surface area contributed by atoms with Crippen molar-refractivity contribution in [3.8, 4) is 5.69 Å². The summed E-state index contributed by atoms with van der Waals surface area (Å²) in [6, 6.07) is 5.62. The van der Waals surface area contributed by atoms with Gasteiger partial charge in [-0.05, 0) is 55.3 Å². The lowest BCUT2D eigenvalue weighted by molar-refractivity contribution is -0.116. The molecule has 21 heavy (non-hydrogen) atoms. The van der Waals surface area contributed by atoms with Crippen LogP contribution in [0.1, 0.15) is 32.3 Å². The van der Waals surface area contributed by atoms with E-state index in [-0.39, 0.29) is 11.4 Å². The standard InChI is InChI=1S/C14H20N6O/c1-10-4-5-11(8-12(10)20-9-16-18-19-20)17-13(21)6-7-14(2,3)15/h4-5,8-9H,6-7,15H2,1-3H3,(H,17,21). The van der Waals surface area contributed by atoms with Gasteiger partial charge in [0.15, 0.2) is 0 Å². The second kappa shape index (κ2) is 6.01. The molecule has 3 N–H and O–H groups in total. The Bertz CT molecular complexity index is 615. The molecule has 1 aromatic heterocycles. The molecule has 0 saturated carbocycles. The summed E-state index contributed by atoms with van der Waals surface area (Å²) in [5.74, 6) is -0.0555. The molecule has 1 amide bonds. The zero-order chi connectivity index (χ0) is 15.5. The van der Waals surface area contributed by atoms with Crippen molar-refractivity contribution >= 4 is 11.6 Å². The van der Waals surface area contributed by atoms with E-state index in [1.54, 1.807) is 4.68 Å². The number of nitrogens with one attached hydrogen (secondary N) is 1. The number of anilines is 1. The Labute approximate surface area is 123 Å². The van der Waals surface area contributed by atoms with Crippen molar-refractivity contribution in [3.05, 3.63) is 30.1 Å². The van der Waals surface area contributed by atoms with Gasteiger partial charge in [0.25, 0.3) is 0 Å². The number of benzene rings is 1. The number of carbonyl (C=O) groups excluding carboxylic acids is 1. The second-order valence-electron chi connectivity index (χ2n) is 5.79. The fraction of sp³-hybridized carbons (Fsp3) is 0.429. The molecule has 0 bridgehead atoms. The number of nitrogens with zero attached hydrogens (tertiary/aromatic N) is 4. The molecule has 0 aliphatic carbocycles. The zero-order valence-corrected chi connectivity index (χ0v) is 12.5. The molecule has 7 heteroatoms. The van der Waals surface area contributed by atoms with Gasteiger partial charge in [-0.1, -0.05) is 6.07 Å². The van der Waals surface area contributed by atoms with Crippen molar-refractivity contribution in [1.82, 2.24) is 20.2 Å². The highest BCUT2D eigenvalue weighted by atomic mass is 16.1. The van der Waals surface area contributed by atoms with E-state index in [9.17, 15) is 4.79 Å². The molecule has 0 aliphatic heterocycles. The van der Waals surface area contributed by atoms with E-state index in [1.807, 2.05) is 39.0 Å². The minimum absolute atomic E-state index is 0.0555. The summed E-state index contributed by atoms with van der Waals surface area (Å²) < 4.78 is 1.56. The van der Waals surface area contributed by atoms with Gasteiger partial charge in [-0.15, -0.1) is 5.10 Å². The Morgan fingerprint density at radius 2 is 2.19 bits per heavy atom. The lowest BCUT2D eigenvalue weighted by Gasteiger charge is -2.17. The van der Waals surface area contributed by atoms with Gasteiger partial charge in [0.05, 0.1) is 5.69 Å². The summed E-state index contributed by atoms with van der Waals surface area (Å²) >= 11 is 0. The summed E-state index contributed by atoms with van der Waals surface area (Å²) in [5, 5.41) is 14.0. The molecule has 1 aromatic carbocycles. The highest BCUT2D eigenvalue weighted by Crippen LogP contribution is 2.19. The fourth-order valence-electron chi connectivity index (χ4n) is 1.86. The highest BCUT2D eigenvalue weighted by Gasteiger charge is 2.13. The lowest BCUT2D eigenvalue weighted by Crippen LogP contribution is -2.33. The highest BCUT2D eigenvalue weighted by molar-refractivity contribution is 5.91. The Morgan fingerprint density at radius 3 is 2.81 bits per heavy atom. The minimum Gasteiger partial charge on any atom is -0.326 e. The maximum Gasteiger partial charge on any atom is 0.224 e. The summed E-state index contributed by atoms with van der Waals surface area (Å²) in [6.07, 6.45) is 2.53. The third-order valence-electron chi connectivity index (χ3n) is 3.09. The number of carbonyl (C=O) groups is 1. The molecule has 2 rings (SSSR count). The maximum atomic E-state index is 11.9. The first-order chi connectivity index (χ1) is 9.85. The van der Waals surface area contributed by atoms with E-state index in [4.69, 9.17) is 5.73 Å². The average Bonchev–Trinajstić information content (AvgIpc) is 2.92. The van der Waals surface area contributed by atoms with Crippen LogP contribution in [0.15, 0.2) is 24.5 Å². The first-order valence-corrected chi connectivity index (χ1v) is 6.78. The number of amides is 1. The number of aryl methyl sites for hydroxylation is 1. The molecule has 0 fully saturated rings. The van der Waals surface area contributed by atoms with Gasteiger partial charge in [0, 0.05) is 17.6 Å². The fourth-order valence-corrected chi connectivity index (χ4v) is 1.86. The lowest BCUT2D eigenvalue weighted by atomic mass is 10.00. The predicted molar refractivity (Wildman–Crippen MR) is 80.0 cm³/mol. The van der Waals surface area contributed by atoms with Crippen LogP contribution in [0.4, 0.5) is 5.69 Å². The van der Waals surface area contributed by atoms with Crippen molar-refractivity contribution < 1.29 is 4.79 Å². The molecule has 1 heterocycles. The number of hydrogen-bond donors (Lipinski definition) is 2. The molecular formula is C14H20N6O. The second-order valence-corrected chi connectivity index (χ2v) is 5.79. The molecule has 0 atom stereocenters. The van der Waals surface area contributed by atoms with E-state index >= 15 is 0 Å². The molecule has 2 aromatic rings. The summed E-state index contributed by atoms with van der Waals surface area (Å²) in [6.45, 7) is 5.77. The van der Waals surface area contributed by atoms with Crippen LogP contribution >= 0.6 is 0 Å². The van der Waals surface area contributed by atoms with Crippen LogP contribution in [-0.4, -0.2) is 31.7 Å². The van der Waals surface area contributed by atoms with Crippen LogP contribution in [0.25, 0.3) is 5.69 Å². The molecule has 0 spiro atoms. The predicted octanol–water partition coefficient (Wildman–Crippen LogP) is 1.43. The van der Waals surface area contributed by atoms with Gasteiger partial charge in [0.1, 0.15) is 6.33 Å². The van der Waals surface area contributed by atoms with Crippen LogP contribution in [0, 0.1) is 6.92 Å². The normalized spacial score (nSPS) is 11.4. The van der Waals surface area contributed by atoms with E-state index in [0.29, 0.717) is 18.5 Å². The van der Waals surface area contributed by atoms with Crippen molar-refractivity contribution in [2.45, 2.75) is 39.2 Å². The average molecular weight is 288 g/mol. The minimum atomic E-state index is -0.345. The molecule has 0 saturated heterocycles. The Kier molecular flexibility index (Phi) is 4.32. The number of aromatic nitrogens is 4. The zero-order valence-electron chi connectivity index (χ0n) is 12.5. The quantitative estimate of drug-likeness (QED) is 0.867. The van der Waals surface area contributed by atoms with Crippen LogP contribution in [0.3, 0.4) is 0 Å². The molecule has 0 aliphatic rings. The Balaban J connectivity index is 2.08. The van der Waals surface area contributed by atoms with Crippen LogP contribution in [0.2, 0.25) is 0 Å². The molecule has 112 valence electrons. The number of nitrogens with two attached hydrogens (primary N) is 1. The molecular weight excluding hydrogens is 268 g/mol. The summed E-state index contributed by atoms with van der Waals surface area (Å²) in [7, 11) is 0. The molecule has 0 radical (unpaired) electrons. The van der Waals surface area contributed by atoms with Gasteiger partial charge in [-0.25, -0.2) is 4.68 Å². The van der Waals surface area contributed by atoms with Gasteiger partial charge in [0.2, 0.25) is 5.91 Å². The SMILES string of the molecule is Cc1ccc(NC(=O)CCC(C)(C)N)cc1-n1cnnn1.